The smallest absolute Gasteiger partial charge is 0.391 e. The Morgan fingerprint density at radius 3 is 1.06 bits per heavy atom. The van der Waals surface area contributed by atoms with Gasteiger partial charge in [0.05, 0.1) is 39.9 Å². The lowest BCUT2D eigenvalue weighted by Crippen LogP contribution is -2.46. The molecule has 0 rings (SSSR count). The van der Waals surface area contributed by atoms with Crippen molar-refractivity contribution in [2.75, 3.05) is 40.9 Å². The third-order valence-corrected chi connectivity index (χ3v) is 17.5. The van der Waals surface area contributed by atoms with Crippen LogP contribution in [0.25, 0.3) is 0 Å². The summed E-state index contributed by atoms with van der Waals surface area (Å²) in [5, 5.41) is 14.2. The summed E-state index contributed by atoms with van der Waals surface area (Å²) in [7, 11) is 1.63. The molecule has 0 fully saturated rings. The number of phosphoric ester groups is 1. The summed E-state index contributed by atoms with van der Waals surface area (Å²) in [4.78, 5) is 23.5. The molecule has 0 saturated carbocycles. The van der Waals surface area contributed by atoms with Crippen LogP contribution in [-0.2, 0) is 18.4 Å². The lowest BCUT2D eigenvalue weighted by molar-refractivity contribution is -0.870. The van der Waals surface area contributed by atoms with Crippen molar-refractivity contribution in [3.05, 3.63) is 60.8 Å². The zero-order chi connectivity index (χ0) is 60.5. The molecule has 0 aliphatic rings. The molecule has 0 aromatic carbocycles. The normalized spacial score (nSPS) is 14.0. The van der Waals surface area contributed by atoms with Gasteiger partial charge in [0.1, 0.15) is 13.2 Å². The summed E-state index contributed by atoms with van der Waals surface area (Å²) in [6.45, 7) is 4.83. The molecule has 9 heteroatoms. The maximum absolute atomic E-state index is 13.1. The summed E-state index contributed by atoms with van der Waals surface area (Å²) < 4.78 is 23.9. The molecule has 0 aromatic rings. The molecule has 8 nitrogen and oxygen atoms in total. The molecule has 3 N–H and O–H groups in total. The molecule has 488 valence electrons. The fraction of sp³-hybridized carbons (Fsp3) is 0.851. The Bertz CT molecular complexity index is 1540. The van der Waals surface area contributed by atoms with Gasteiger partial charge in [-0.25, -0.2) is 4.57 Å². The van der Waals surface area contributed by atoms with Gasteiger partial charge in [-0.1, -0.05) is 351 Å². The van der Waals surface area contributed by atoms with E-state index in [1.54, 1.807) is 0 Å². The van der Waals surface area contributed by atoms with Gasteiger partial charge in [0.15, 0.2) is 0 Å². The molecule has 0 bridgehead atoms. The highest BCUT2D eigenvalue weighted by atomic mass is 31.2. The number of unbranched alkanes of at least 4 members (excludes halogenated alkanes) is 44. The minimum Gasteiger partial charge on any atom is -0.391 e. The van der Waals surface area contributed by atoms with Crippen LogP contribution in [0.15, 0.2) is 60.8 Å². The van der Waals surface area contributed by atoms with Crippen LogP contribution in [0, 0.1) is 0 Å². The number of hydrogen-bond donors (Lipinski definition) is 3. The largest absolute Gasteiger partial charge is 0.472 e. The number of aliphatic hydroxyl groups is 1. The number of nitrogens with one attached hydrogen (secondary N) is 1. The lowest BCUT2D eigenvalue weighted by Gasteiger charge is -2.26. The van der Waals surface area contributed by atoms with Crippen LogP contribution in [0.3, 0.4) is 0 Å². The lowest BCUT2D eigenvalue weighted by atomic mass is 10.0. The van der Waals surface area contributed by atoms with Crippen LogP contribution in [0.5, 0.6) is 0 Å². The minimum atomic E-state index is -4.33. The predicted octanol–water partition coefficient (Wildman–Crippen LogP) is 23.2. The van der Waals surface area contributed by atoms with Crippen LogP contribution in [-0.4, -0.2) is 73.4 Å². The second-order valence-electron chi connectivity index (χ2n) is 25.9. The number of nitrogens with zero attached hydrogens (tertiary/aromatic N) is 1. The van der Waals surface area contributed by atoms with Gasteiger partial charge in [-0.15, -0.1) is 0 Å². The monoisotopic (exact) mass is 1190 g/mol. The first-order valence-electron chi connectivity index (χ1n) is 36.2. The van der Waals surface area contributed by atoms with E-state index in [2.05, 4.69) is 79.9 Å². The first kappa shape index (κ1) is 81.2. The van der Waals surface area contributed by atoms with Gasteiger partial charge in [-0.05, 0) is 57.8 Å². The number of phosphoric acid groups is 1. The van der Waals surface area contributed by atoms with E-state index in [4.69, 9.17) is 9.05 Å². The van der Waals surface area contributed by atoms with Gasteiger partial charge in [0, 0.05) is 6.42 Å². The second kappa shape index (κ2) is 64.7. The van der Waals surface area contributed by atoms with E-state index in [0.29, 0.717) is 23.9 Å². The zero-order valence-electron chi connectivity index (χ0n) is 55.9. The quantitative estimate of drug-likeness (QED) is 0.0243. The Morgan fingerprint density at radius 2 is 0.723 bits per heavy atom. The number of hydrogen-bond acceptors (Lipinski definition) is 5. The van der Waals surface area contributed by atoms with Crippen LogP contribution in [0.2, 0.25) is 0 Å². The number of quaternary nitrogens is 1. The summed E-state index contributed by atoms with van der Waals surface area (Å²) in [5.74, 6) is -0.139. The van der Waals surface area contributed by atoms with Crippen molar-refractivity contribution in [2.24, 2.45) is 0 Å². The fourth-order valence-corrected chi connectivity index (χ4v) is 11.7. The minimum absolute atomic E-state index is 0.0752. The first-order chi connectivity index (χ1) is 40.5. The van der Waals surface area contributed by atoms with Crippen LogP contribution < -0.4 is 5.32 Å². The standard InChI is InChI=1S/C74H141N2O6P/c1-6-8-10-12-14-16-18-20-22-24-26-28-30-32-34-36-37-38-39-40-42-44-46-48-50-52-54-56-58-60-62-64-66-68-74(78)75-72(71-82-83(79,80)81-70-69-76(3,4)5)73(77)67-65-63-61-59-57-55-53-51-49-47-45-43-41-35-33-31-29-27-25-23-21-19-17-15-13-11-9-7-2/h8,10,14,16,20,22,26,28,32,34,72-73,77H,6-7,9,11-13,15,17-19,21,23-25,27,29-31,33,35-71H2,1-5H3,(H-,75,78,79,80)/p+1/b10-8-,16-14-,22-20-,28-26-,34-32-. The van der Waals surface area contributed by atoms with E-state index in [-0.39, 0.29) is 19.1 Å². The average molecular weight is 1190 g/mol. The molecule has 0 aromatic heterocycles. The summed E-state index contributed by atoms with van der Waals surface area (Å²) >= 11 is 0. The van der Waals surface area contributed by atoms with Crippen molar-refractivity contribution in [3.63, 3.8) is 0 Å². The Kier molecular flexibility index (Phi) is 63.3. The van der Waals surface area contributed by atoms with Crippen LogP contribution in [0.4, 0.5) is 0 Å². The number of carbonyl (C=O) groups is 1. The predicted molar refractivity (Wildman–Crippen MR) is 364 cm³/mol. The maximum Gasteiger partial charge on any atom is 0.472 e. The molecule has 0 saturated heterocycles. The highest BCUT2D eigenvalue weighted by Gasteiger charge is 2.28. The van der Waals surface area contributed by atoms with Gasteiger partial charge >= 0.3 is 7.82 Å². The average Bonchev–Trinajstić information content (AvgIpc) is 3.49. The molecule has 0 spiro atoms. The van der Waals surface area contributed by atoms with Gasteiger partial charge in [-0.3, -0.25) is 13.8 Å². The van der Waals surface area contributed by atoms with Crippen molar-refractivity contribution >= 4 is 13.7 Å². The van der Waals surface area contributed by atoms with Gasteiger partial charge in [0.2, 0.25) is 5.91 Å². The van der Waals surface area contributed by atoms with E-state index in [9.17, 15) is 19.4 Å². The summed E-state index contributed by atoms with van der Waals surface area (Å²) in [6.07, 6.45) is 89.0. The molecule has 0 radical (unpaired) electrons. The highest BCUT2D eigenvalue weighted by Crippen LogP contribution is 2.43. The Balaban J connectivity index is 4.00. The third-order valence-electron chi connectivity index (χ3n) is 16.5. The van der Waals surface area contributed by atoms with E-state index in [1.165, 1.54) is 257 Å². The topological polar surface area (TPSA) is 105 Å². The maximum atomic E-state index is 13.1. The van der Waals surface area contributed by atoms with Crippen molar-refractivity contribution < 1.29 is 32.9 Å². The first-order valence-corrected chi connectivity index (χ1v) is 37.6. The van der Waals surface area contributed by atoms with Gasteiger partial charge < -0.3 is 19.8 Å². The Hall–Kier alpha value is -1.80. The zero-order valence-corrected chi connectivity index (χ0v) is 56.8. The molecule has 3 unspecified atom stereocenters. The molecule has 0 heterocycles. The van der Waals surface area contributed by atoms with Crippen LogP contribution >= 0.6 is 7.82 Å². The number of aliphatic hydroxyl groups excluding tert-OH is 1. The number of likely N-dealkylation sites (N-methyl/N-ethyl adjacent to an activating group) is 1. The third kappa shape index (κ3) is 67.6. The number of allylic oxidation sites excluding steroid dienone is 10. The van der Waals surface area contributed by atoms with Crippen LogP contribution in [0.1, 0.15) is 354 Å². The van der Waals surface area contributed by atoms with Crippen molar-refractivity contribution in [2.45, 2.75) is 366 Å². The van der Waals surface area contributed by atoms with Gasteiger partial charge in [0.25, 0.3) is 0 Å². The molecular formula is C74H142N2O6P+. The summed E-state index contributed by atoms with van der Waals surface area (Å²) in [5.41, 5.74) is 0. The molecule has 83 heavy (non-hydrogen) atoms. The highest BCUT2D eigenvalue weighted by molar-refractivity contribution is 7.47. The molecule has 0 aliphatic carbocycles. The summed E-state index contributed by atoms with van der Waals surface area (Å²) in [6, 6.07) is -0.763. The number of rotatable bonds is 67. The second-order valence-corrected chi connectivity index (χ2v) is 27.4. The Morgan fingerprint density at radius 1 is 0.422 bits per heavy atom. The van der Waals surface area contributed by atoms with E-state index in [1.807, 2.05) is 21.1 Å². The number of amides is 1. The Labute approximate surface area is 517 Å². The van der Waals surface area contributed by atoms with Crippen molar-refractivity contribution in [1.29, 1.82) is 0 Å². The molecular weight excluding hydrogens is 1040 g/mol. The van der Waals surface area contributed by atoms with E-state index < -0.39 is 20.0 Å². The van der Waals surface area contributed by atoms with Crippen molar-refractivity contribution in [3.8, 4) is 0 Å². The number of carbonyl (C=O) groups excluding carboxylic acids is 1. The SMILES string of the molecule is CC/C=C\C/C=C\C/C=C\C/C=C\C/C=C\CCCCCCCCCCCCCCCCCCCC(=O)NC(COP(=O)(O)OCC[N+](C)(C)C)C(O)CCCCCCCCCCCCCCCCCCCCCCCCCCCCCC. The van der Waals surface area contributed by atoms with E-state index >= 15 is 0 Å². The van der Waals surface area contributed by atoms with Gasteiger partial charge in [-0.2, -0.15) is 0 Å². The van der Waals surface area contributed by atoms with E-state index in [0.717, 1.165) is 70.6 Å². The molecule has 3 atom stereocenters. The molecule has 1 amide bonds. The van der Waals surface area contributed by atoms with Crippen molar-refractivity contribution in [1.82, 2.24) is 5.32 Å². The fourth-order valence-electron chi connectivity index (χ4n) is 11.0. The molecule has 0 aliphatic heterocycles.